The minimum absolute atomic E-state index is 0.266. The number of carbonyl (C=O) groups excluding carboxylic acids is 1. The molecule has 0 bridgehead atoms. The monoisotopic (exact) mass is 329 g/mol. The number of benzene rings is 1. The van der Waals surface area contributed by atoms with E-state index in [1.54, 1.807) is 35.8 Å². The van der Waals surface area contributed by atoms with Gasteiger partial charge in [0.1, 0.15) is 11.3 Å². The molecule has 0 saturated heterocycles. The fraction of sp³-hybridized carbons (Fsp3) is 0.389. The Morgan fingerprint density at radius 1 is 1.29 bits per heavy atom. The molecule has 1 aromatic carbocycles. The van der Waals surface area contributed by atoms with Crippen LogP contribution in [0.15, 0.2) is 34.2 Å². The van der Waals surface area contributed by atoms with Crippen LogP contribution < -0.4 is 11.0 Å². The minimum atomic E-state index is -0.693. The zero-order chi connectivity index (χ0) is 17.7. The van der Waals surface area contributed by atoms with Crippen LogP contribution in [0.3, 0.4) is 0 Å². The summed E-state index contributed by atoms with van der Waals surface area (Å²) in [6, 6.07) is 7.03. The van der Waals surface area contributed by atoms with Crippen LogP contribution in [0.2, 0.25) is 0 Å². The molecule has 0 fully saturated rings. The van der Waals surface area contributed by atoms with Gasteiger partial charge in [0.15, 0.2) is 0 Å². The molecule has 1 amide bonds. The number of nitrogens with zero attached hydrogens (tertiary/aromatic N) is 2. The number of hydrogen-bond acceptors (Lipinski definition) is 4. The number of rotatable bonds is 6. The van der Waals surface area contributed by atoms with E-state index in [0.717, 1.165) is 18.6 Å². The molecule has 0 unspecified atom stereocenters. The molecule has 0 atom stereocenters. The summed E-state index contributed by atoms with van der Waals surface area (Å²) in [6.45, 7) is 6.22. The quantitative estimate of drug-likeness (QED) is 0.631. The lowest BCUT2D eigenvalue weighted by Gasteiger charge is -2.14. The second-order valence-electron chi connectivity index (χ2n) is 5.69. The highest BCUT2D eigenvalue weighted by Gasteiger charge is 2.21. The molecule has 0 radical (unpaired) electrons. The molecule has 0 saturated carbocycles. The van der Waals surface area contributed by atoms with E-state index in [-0.39, 0.29) is 11.3 Å². The van der Waals surface area contributed by atoms with Gasteiger partial charge in [0.25, 0.3) is 11.5 Å². The van der Waals surface area contributed by atoms with Gasteiger partial charge >= 0.3 is 0 Å². The lowest BCUT2D eigenvalue weighted by atomic mass is 10.1. The standard InChI is InChI=1S/C18H23N3O3/c1-4-6-11-21-14-10-8-7-9-13(14)16(22)15(18(21)24)17(23)20-19-12(3)5-2/h7-10,22H,4-6,11H2,1-3H3,(H,20,23)/b19-12+. The third-order valence-electron chi connectivity index (χ3n) is 3.97. The average Bonchev–Trinajstić information content (AvgIpc) is 2.59. The van der Waals surface area contributed by atoms with E-state index in [2.05, 4.69) is 10.5 Å². The number of fused-ring (bicyclic) bond motifs is 1. The molecule has 1 heterocycles. The van der Waals surface area contributed by atoms with E-state index < -0.39 is 11.5 Å². The number of hydrogen-bond donors (Lipinski definition) is 2. The molecule has 0 aliphatic rings. The largest absolute Gasteiger partial charge is 0.506 e. The second kappa shape index (κ2) is 7.77. The lowest BCUT2D eigenvalue weighted by molar-refractivity contribution is 0.0950. The highest BCUT2D eigenvalue weighted by Crippen LogP contribution is 2.26. The van der Waals surface area contributed by atoms with Crippen LogP contribution in [-0.4, -0.2) is 21.3 Å². The average molecular weight is 329 g/mol. The van der Waals surface area contributed by atoms with Crippen LogP contribution in [0.4, 0.5) is 0 Å². The van der Waals surface area contributed by atoms with Gasteiger partial charge in [-0.1, -0.05) is 32.4 Å². The Morgan fingerprint density at radius 2 is 2.00 bits per heavy atom. The van der Waals surface area contributed by atoms with Crippen LogP contribution in [0.1, 0.15) is 50.4 Å². The first kappa shape index (κ1) is 17.7. The zero-order valence-corrected chi connectivity index (χ0v) is 14.3. The van der Waals surface area contributed by atoms with Crippen molar-refractivity contribution in [1.29, 1.82) is 0 Å². The molecule has 24 heavy (non-hydrogen) atoms. The van der Waals surface area contributed by atoms with Crippen LogP contribution in [0, 0.1) is 0 Å². The van der Waals surface area contributed by atoms with Crippen LogP contribution in [0.5, 0.6) is 5.75 Å². The number of aromatic hydroxyl groups is 1. The van der Waals surface area contributed by atoms with Crippen molar-refractivity contribution in [1.82, 2.24) is 9.99 Å². The maximum Gasteiger partial charge on any atom is 0.280 e. The number of aryl methyl sites for hydroxylation is 1. The van der Waals surface area contributed by atoms with E-state index in [1.165, 1.54) is 0 Å². The highest BCUT2D eigenvalue weighted by atomic mass is 16.3. The molecule has 128 valence electrons. The van der Waals surface area contributed by atoms with Gasteiger partial charge in [-0.15, -0.1) is 0 Å². The Balaban J connectivity index is 2.61. The van der Waals surface area contributed by atoms with E-state index in [4.69, 9.17) is 0 Å². The van der Waals surface area contributed by atoms with Gasteiger partial charge in [0.2, 0.25) is 0 Å². The second-order valence-corrected chi connectivity index (χ2v) is 5.69. The smallest absolute Gasteiger partial charge is 0.280 e. The van der Waals surface area contributed by atoms with Gasteiger partial charge in [-0.3, -0.25) is 9.59 Å². The highest BCUT2D eigenvalue weighted by molar-refractivity contribution is 6.02. The van der Waals surface area contributed by atoms with Crippen molar-refractivity contribution in [3.05, 3.63) is 40.2 Å². The Kier molecular flexibility index (Phi) is 5.73. The molecule has 6 heteroatoms. The first-order valence-electron chi connectivity index (χ1n) is 8.19. The van der Waals surface area contributed by atoms with Crippen molar-refractivity contribution in [2.75, 3.05) is 0 Å². The van der Waals surface area contributed by atoms with Crippen molar-refractivity contribution in [3.8, 4) is 5.75 Å². The number of aromatic nitrogens is 1. The fourth-order valence-electron chi connectivity index (χ4n) is 2.41. The summed E-state index contributed by atoms with van der Waals surface area (Å²) in [5.41, 5.74) is 2.94. The number of amides is 1. The SMILES string of the molecule is CCCCn1c(=O)c(C(=O)N/N=C(\C)CC)c(O)c2ccccc21. The van der Waals surface area contributed by atoms with Crippen molar-refractivity contribution in [3.63, 3.8) is 0 Å². The van der Waals surface area contributed by atoms with Gasteiger partial charge in [-0.05, 0) is 31.9 Å². The molecular weight excluding hydrogens is 306 g/mol. The Morgan fingerprint density at radius 3 is 2.67 bits per heavy atom. The number of para-hydroxylation sites is 1. The molecular formula is C18H23N3O3. The maximum atomic E-state index is 12.8. The number of carbonyl (C=O) groups is 1. The molecule has 0 aliphatic heterocycles. The van der Waals surface area contributed by atoms with Gasteiger partial charge in [-0.25, -0.2) is 5.43 Å². The van der Waals surface area contributed by atoms with E-state index >= 15 is 0 Å². The third-order valence-corrected chi connectivity index (χ3v) is 3.97. The minimum Gasteiger partial charge on any atom is -0.506 e. The molecule has 2 N–H and O–H groups in total. The normalized spacial score (nSPS) is 11.7. The molecule has 2 aromatic rings. The molecule has 1 aromatic heterocycles. The molecule has 2 rings (SSSR count). The maximum absolute atomic E-state index is 12.8. The van der Waals surface area contributed by atoms with Crippen LogP contribution in [-0.2, 0) is 6.54 Å². The fourth-order valence-corrected chi connectivity index (χ4v) is 2.41. The van der Waals surface area contributed by atoms with Gasteiger partial charge in [-0.2, -0.15) is 5.10 Å². The van der Waals surface area contributed by atoms with Gasteiger partial charge in [0, 0.05) is 17.6 Å². The van der Waals surface area contributed by atoms with E-state index in [0.29, 0.717) is 23.9 Å². The topological polar surface area (TPSA) is 83.7 Å². The predicted octanol–water partition coefficient (Wildman–Crippen LogP) is 3.02. The summed E-state index contributed by atoms with van der Waals surface area (Å²) in [6.07, 6.45) is 2.41. The molecule has 0 aliphatic carbocycles. The Bertz CT molecular complexity index is 837. The van der Waals surface area contributed by atoms with Crippen LogP contribution in [0.25, 0.3) is 10.9 Å². The summed E-state index contributed by atoms with van der Waals surface area (Å²) >= 11 is 0. The third kappa shape index (κ3) is 3.48. The predicted molar refractivity (Wildman–Crippen MR) is 95.6 cm³/mol. The Labute approximate surface area is 140 Å². The van der Waals surface area contributed by atoms with Crippen molar-refractivity contribution < 1.29 is 9.90 Å². The lowest BCUT2D eigenvalue weighted by Crippen LogP contribution is -2.32. The Hall–Kier alpha value is -2.63. The number of hydrazone groups is 1. The van der Waals surface area contributed by atoms with Crippen molar-refractivity contribution >= 4 is 22.5 Å². The van der Waals surface area contributed by atoms with E-state index in [1.807, 2.05) is 13.8 Å². The van der Waals surface area contributed by atoms with Crippen molar-refractivity contribution in [2.24, 2.45) is 5.10 Å². The van der Waals surface area contributed by atoms with Gasteiger partial charge in [0.05, 0.1) is 5.52 Å². The molecule has 6 nitrogen and oxygen atoms in total. The summed E-state index contributed by atoms with van der Waals surface area (Å²) in [5.74, 6) is -0.994. The van der Waals surface area contributed by atoms with E-state index in [9.17, 15) is 14.7 Å². The van der Waals surface area contributed by atoms with Crippen molar-refractivity contribution in [2.45, 2.75) is 46.6 Å². The first-order valence-corrected chi connectivity index (χ1v) is 8.19. The first-order chi connectivity index (χ1) is 11.5. The summed E-state index contributed by atoms with van der Waals surface area (Å²) < 4.78 is 1.55. The summed E-state index contributed by atoms with van der Waals surface area (Å²) in [4.78, 5) is 25.1. The number of nitrogens with one attached hydrogen (secondary N) is 1. The summed E-state index contributed by atoms with van der Waals surface area (Å²) in [5, 5.41) is 14.9. The summed E-state index contributed by atoms with van der Waals surface area (Å²) in [7, 11) is 0. The number of pyridine rings is 1. The van der Waals surface area contributed by atoms with Crippen LogP contribution >= 0.6 is 0 Å². The van der Waals surface area contributed by atoms with Gasteiger partial charge < -0.3 is 9.67 Å². The molecule has 0 spiro atoms. The zero-order valence-electron chi connectivity index (χ0n) is 14.3. The number of unbranched alkanes of at least 4 members (excludes halogenated alkanes) is 1.